The van der Waals surface area contributed by atoms with Crippen molar-refractivity contribution in [1.29, 1.82) is 0 Å². The van der Waals surface area contributed by atoms with Gasteiger partial charge in [-0.2, -0.15) is 0 Å². The molecule has 2 aromatic heterocycles. The van der Waals surface area contributed by atoms with E-state index in [1.54, 1.807) is 6.07 Å². The van der Waals surface area contributed by atoms with Crippen LogP contribution in [-0.2, 0) is 0 Å². The molecule has 472 valence electrons. The lowest BCUT2D eigenvalue weighted by Crippen LogP contribution is -1.93. The summed E-state index contributed by atoms with van der Waals surface area (Å²) in [7, 11) is 0. The molecule has 0 fully saturated rings. The number of hydrogen-bond donors (Lipinski definition) is 0. The van der Waals surface area contributed by atoms with Gasteiger partial charge in [0.15, 0.2) is 0 Å². The third kappa shape index (κ3) is 9.06. The predicted octanol–water partition coefficient (Wildman–Crippen LogP) is 28.7. The Bertz CT molecular complexity index is 8560. The van der Waals surface area contributed by atoms with Gasteiger partial charge < -0.3 is 8.83 Å². The molecule has 0 atom stereocenters. The molecule has 0 N–H and O–H groups in total. The molecule has 0 spiro atoms. The summed E-state index contributed by atoms with van der Waals surface area (Å²) in [6.45, 7) is 0. The van der Waals surface area contributed by atoms with E-state index in [9.17, 15) is 12.3 Å². The fourth-order valence-corrected chi connectivity index (χ4v) is 15.6. The predicted molar refractivity (Wildman–Crippen MR) is 435 cm³/mol. The third-order valence-electron chi connectivity index (χ3n) is 20.0. The zero-order valence-corrected chi connectivity index (χ0v) is 53.7. The maximum atomic E-state index is 9.64. The van der Waals surface area contributed by atoms with Crippen molar-refractivity contribution in [2.45, 2.75) is 0 Å². The summed E-state index contributed by atoms with van der Waals surface area (Å²) >= 11 is 0. The van der Waals surface area contributed by atoms with Gasteiger partial charge in [0.2, 0.25) is 0 Å². The van der Waals surface area contributed by atoms with Crippen molar-refractivity contribution in [2.75, 3.05) is 0 Å². The normalized spacial score (nSPS) is 15.1. The van der Waals surface area contributed by atoms with Crippen LogP contribution in [0.25, 0.3) is 218 Å². The summed E-state index contributed by atoms with van der Waals surface area (Å²) in [5.41, 5.74) is 7.20. The van der Waals surface area contributed by atoms with Gasteiger partial charge in [0.1, 0.15) is 22.3 Å². The highest BCUT2D eigenvalue weighted by molar-refractivity contribution is 6.29. The molecule has 0 amide bonds. The van der Waals surface area contributed by atoms with Crippen molar-refractivity contribution in [3.8, 4) is 66.8 Å². The number of hydrogen-bond acceptors (Lipinski definition) is 2. The summed E-state index contributed by atoms with van der Waals surface area (Å²) in [5.74, 6) is 0. The van der Waals surface area contributed by atoms with Crippen LogP contribution in [0.4, 0.5) is 0 Å². The van der Waals surface area contributed by atoms with Crippen LogP contribution >= 0.6 is 0 Å². The van der Waals surface area contributed by atoms with Crippen LogP contribution in [0.3, 0.4) is 0 Å². The van der Waals surface area contributed by atoms with E-state index in [-0.39, 0.29) is 78.4 Å². The molecule has 0 radical (unpaired) electrons. The molecule has 0 aliphatic rings. The minimum Gasteiger partial charge on any atom is -0.456 e. The SMILES string of the molecule is [2H]c1c([2H])c([2H])c2c(-c3c4c([2H])c([2H])c([2H])c([2H])c4c(-c4cc(-c5cccc6oc7cc8ccccc8cc7c56)cc5ccccc45)c4c([2H])c([2H])c([2H])c([2H])c34)c([2H])c([2H])c([2H])c2c1[2H].[2H]c1c([2H])c([2H])c2c(-c3cc(-c4cccc5oc6cc7ccccc7cc6c45)cc4ccccc34)c3c([2H])c([2H])c([2H])c([2H])c3c(-c3cccc4ccccc34)c2c1[2H]. The van der Waals surface area contributed by atoms with E-state index in [1.165, 1.54) is 0 Å². The van der Waals surface area contributed by atoms with Crippen LogP contribution in [0.5, 0.6) is 0 Å². The first-order valence-corrected chi connectivity index (χ1v) is 33.3. The first-order chi connectivity index (χ1) is 60.1. The first-order valence-electron chi connectivity index (χ1n) is 44.8. The van der Waals surface area contributed by atoms with E-state index >= 15 is 0 Å². The molecule has 2 heterocycles. The molecule has 0 aliphatic heterocycles. The van der Waals surface area contributed by atoms with Gasteiger partial charge in [-0.05, 0) is 235 Å². The zero-order valence-electron chi connectivity index (χ0n) is 76.7. The lowest BCUT2D eigenvalue weighted by atomic mass is 9.83. The molecular formula is C100H60O2. The summed E-state index contributed by atoms with van der Waals surface area (Å²) in [6.07, 6.45) is 0. The topological polar surface area (TPSA) is 26.3 Å². The first kappa shape index (κ1) is 39.3. The highest BCUT2D eigenvalue weighted by Gasteiger charge is 2.25. The van der Waals surface area contributed by atoms with Crippen molar-refractivity contribution < 1.29 is 40.4 Å². The molecule has 0 unspecified atom stereocenters. The molecule has 22 aromatic rings. The quantitative estimate of drug-likeness (QED) is 0.155. The Labute approximate surface area is 619 Å². The van der Waals surface area contributed by atoms with Gasteiger partial charge in [-0.1, -0.05) is 303 Å². The van der Waals surface area contributed by atoms with Crippen LogP contribution in [0.1, 0.15) is 31.5 Å². The van der Waals surface area contributed by atoms with Crippen LogP contribution < -0.4 is 0 Å². The monoisotopic (exact) mass is 1320 g/mol. The Hall–Kier alpha value is -13.4. The molecule has 0 saturated carbocycles. The number of fused-ring (bicyclic) bond motifs is 16. The number of rotatable bonds is 6. The van der Waals surface area contributed by atoms with E-state index in [4.69, 9.17) is 28.0 Å². The Balaban J connectivity index is 0.000000154. The smallest absolute Gasteiger partial charge is 0.136 e. The van der Waals surface area contributed by atoms with E-state index in [0.717, 1.165) is 86.9 Å². The minimum absolute atomic E-state index is 0.0250. The minimum atomic E-state index is -0.762. The third-order valence-corrected chi connectivity index (χ3v) is 20.0. The fraction of sp³-hybridized carbons (Fsp3) is 0. The van der Waals surface area contributed by atoms with E-state index in [1.807, 2.05) is 182 Å². The highest BCUT2D eigenvalue weighted by atomic mass is 16.3. The average Bonchev–Trinajstić information content (AvgIpc) is 1.45. The molecule has 102 heavy (non-hydrogen) atoms. The Morgan fingerprint density at radius 1 is 0.176 bits per heavy atom. The van der Waals surface area contributed by atoms with E-state index in [0.29, 0.717) is 60.9 Å². The lowest BCUT2D eigenvalue weighted by Gasteiger charge is -2.20. The molecule has 0 aliphatic carbocycles. The highest BCUT2D eigenvalue weighted by Crippen LogP contribution is 2.52. The van der Waals surface area contributed by atoms with E-state index in [2.05, 4.69) is 36.4 Å². The standard InChI is InChI=1S/2C50H30O/c2*1-2-15-33-30-47-45(28-32(33)14-1)50-38(24-12-26-46(50)51-47)35-27-34-16-4-6-19-37(34)44(29-35)49-42-22-9-7-20-40(42)48(41-21-8-10-23-43(41)49)39-25-11-17-31-13-3-5-18-36(31)39/h2*1-30H/i3D,5D,7D,8D,9D,10D,11D,13D,17D,18D,20D,21D,22D,23D,25D;7D,8D,9D,10D,20D,21D,22D,23D. The molecule has 20 aromatic carbocycles. The number of furan rings is 2. The molecule has 0 saturated heterocycles. The maximum Gasteiger partial charge on any atom is 0.136 e. The molecular weight excluding hydrogens is 1230 g/mol. The van der Waals surface area contributed by atoms with Crippen molar-refractivity contribution in [3.63, 3.8) is 0 Å². The Morgan fingerprint density at radius 2 is 0.500 bits per heavy atom. The van der Waals surface area contributed by atoms with Gasteiger partial charge in [-0.3, -0.25) is 0 Å². The van der Waals surface area contributed by atoms with Gasteiger partial charge in [-0.15, -0.1) is 0 Å². The molecule has 2 nitrogen and oxygen atoms in total. The van der Waals surface area contributed by atoms with Crippen LogP contribution in [-0.4, -0.2) is 0 Å². The molecule has 22 rings (SSSR count). The molecule has 2 heteroatoms. The largest absolute Gasteiger partial charge is 0.456 e. The molecule has 0 bridgehead atoms. The Kier molecular flexibility index (Phi) is 8.90. The Morgan fingerprint density at radius 3 is 0.951 bits per heavy atom. The fourth-order valence-electron chi connectivity index (χ4n) is 15.6. The summed E-state index contributed by atoms with van der Waals surface area (Å²) in [5, 5.41) is 11.0. The van der Waals surface area contributed by atoms with Crippen molar-refractivity contribution in [2.24, 2.45) is 0 Å². The second-order valence-electron chi connectivity index (χ2n) is 25.5. The van der Waals surface area contributed by atoms with Crippen molar-refractivity contribution in [3.05, 3.63) is 363 Å². The zero-order chi connectivity index (χ0) is 87.0. The average molecular weight is 1320 g/mol. The second-order valence-corrected chi connectivity index (χ2v) is 25.5. The van der Waals surface area contributed by atoms with Gasteiger partial charge in [0, 0.05) is 21.5 Å². The maximum absolute atomic E-state index is 9.64. The van der Waals surface area contributed by atoms with Crippen LogP contribution in [0, 0.1) is 0 Å². The van der Waals surface area contributed by atoms with Gasteiger partial charge >= 0.3 is 0 Å². The number of benzene rings is 20. The second kappa shape index (κ2) is 23.1. The van der Waals surface area contributed by atoms with Crippen molar-refractivity contribution in [1.82, 2.24) is 0 Å². The van der Waals surface area contributed by atoms with Crippen molar-refractivity contribution >= 4 is 152 Å². The lowest BCUT2D eigenvalue weighted by molar-refractivity contribution is 0.669. The van der Waals surface area contributed by atoms with Crippen LogP contribution in [0.2, 0.25) is 0 Å². The summed E-state index contributed by atoms with van der Waals surface area (Å²) in [6, 6.07) is 59.1. The van der Waals surface area contributed by atoms with E-state index < -0.39 is 131 Å². The van der Waals surface area contributed by atoms with Gasteiger partial charge in [0.25, 0.3) is 0 Å². The summed E-state index contributed by atoms with van der Waals surface area (Å²) in [4.78, 5) is 0. The van der Waals surface area contributed by atoms with Crippen LogP contribution in [0.15, 0.2) is 372 Å². The van der Waals surface area contributed by atoms with Gasteiger partial charge in [0.05, 0.1) is 31.5 Å². The summed E-state index contributed by atoms with van der Waals surface area (Å²) < 4.78 is 224. The van der Waals surface area contributed by atoms with Gasteiger partial charge in [-0.25, -0.2) is 0 Å².